The number of nitrogens with one attached hydrogen (secondary N) is 1. The summed E-state index contributed by atoms with van der Waals surface area (Å²) < 4.78 is 93.5. The number of halogens is 5. The van der Waals surface area contributed by atoms with Gasteiger partial charge in [-0.05, 0) is 31.4 Å². The van der Waals surface area contributed by atoms with Crippen molar-refractivity contribution in [2.45, 2.75) is 47.4 Å². The molecular weight excluding hydrogens is 539 g/mol. The number of carbonyl (C=O) groups excluding carboxylic acids is 1. The van der Waals surface area contributed by atoms with Crippen molar-refractivity contribution in [1.82, 2.24) is 20.3 Å². The average Bonchev–Trinajstić information content (AvgIpc) is 2.90. The molecule has 0 aliphatic carbocycles. The molecule has 2 N–H and O–H groups in total. The number of amides is 1. The number of ether oxygens (including phenoxy) is 1. The summed E-state index contributed by atoms with van der Waals surface area (Å²) in [4.78, 5) is 22.3. The first kappa shape index (κ1) is 29.8. The number of alkyl halides is 5. The molecule has 0 saturated carbocycles. The molecular formula is C23H27F5N4O5S. The highest BCUT2D eigenvalue weighted by Gasteiger charge is 2.56. The molecule has 38 heavy (non-hydrogen) atoms. The minimum atomic E-state index is -5.65. The minimum absolute atomic E-state index is 0.0481. The third-order valence-electron chi connectivity index (χ3n) is 6.58. The molecule has 1 saturated heterocycles. The number of likely N-dealkylation sites (tertiary alicyclic amines) is 1. The zero-order valence-corrected chi connectivity index (χ0v) is 21.2. The van der Waals surface area contributed by atoms with Crippen molar-refractivity contribution in [3.05, 3.63) is 42.4 Å². The van der Waals surface area contributed by atoms with Gasteiger partial charge in [-0.25, -0.2) is 13.9 Å². The van der Waals surface area contributed by atoms with Crippen LogP contribution in [0.3, 0.4) is 0 Å². The quantitative estimate of drug-likeness (QED) is 0.256. The van der Waals surface area contributed by atoms with Gasteiger partial charge in [0.05, 0.1) is 29.1 Å². The average molecular weight is 567 g/mol. The third kappa shape index (κ3) is 6.11. The van der Waals surface area contributed by atoms with Crippen LogP contribution in [-0.4, -0.2) is 84.6 Å². The largest absolute Gasteiger partial charge is 0.453 e. The molecule has 1 aromatic heterocycles. The first-order valence-corrected chi connectivity index (χ1v) is 13.0. The van der Waals surface area contributed by atoms with Crippen LogP contribution >= 0.6 is 0 Å². The van der Waals surface area contributed by atoms with Gasteiger partial charge in [0.1, 0.15) is 0 Å². The molecule has 3 rings (SSSR count). The van der Waals surface area contributed by atoms with Crippen LogP contribution in [-0.2, 0) is 25.8 Å². The summed E-state index contributed by atoms with van der Waals surface area (Å²) >= 11 is 0. The van der Waals surface area contributed by atoms with Gasteiger partial charge < -0.3 is 9.64 Å². The van der Waals surface area contributed by atoms with E-state index in [0.717, 1.165) is 6.20 Å². The van der Waals surface area contributed by atoms with Crippen molar-refractivity contribution < 1.29 is 45.1 Å². The second-order valence-corrected chi connectivity index (χ2v) is 11.2. The first-order chi connectivity index (χ1) is 17.8. The van der Waals surface area contributed by atoms with Crippen LogP contribution in [0.25, 0.3) is 11.3 Å². The summed E-state index contributed by atoms with van der Waals surface area (Å²) in [6.45, 7) is 1.60. The zero-order valence-electron chi connectivity index (χ0n) is 20.3. The molecule has 0 unspecified atom stereocenters. The number of benzene rings is 1. The number of hydroxylamine groups is 1. The standard InChI is InChI=1S/C23H27F5N4O5S/c1-37-13-12-32-10-8-21(9-11-32,20(33)31-34)38(35,36)18-4-2-16(3-5-18)19-15-29-17(14-30-19)6-7-22(24,25)23(26,27)28/h2-5,14-15,34H,6-13H2,1H3,(H,31,33). The van der Waals surface area contributed by atoms with E-state index in [0.29, 0.717) is 31.8 Å². The predicted molar refractivity (Wildman–Crippen MR) is 124 cm³/mol. The van der Waals surface area contributed by atoms with Gasteiger partial charge in [0, 0.05) is 44.9 Å². The number of carbonyl (C=O) groups is 1. The number of hydrogen-bond donors (Lipinski definition) is 2. The van der Waals surface area contributed by atoms with Crippen molar-refractivity contribution in [1.29, 1.82) is 0 Å². The molecule has 1 aliphatic rings. The molecule has 2 heterocycles. The smallest absolute Gasteiger partial charge is 0.383 e. The maximum Gasteiger partial charge on any atom is 0.453 e. The minimum Gasteiger partial charge on any atom is -0.383 e. The monoisotopic (exact) mass is 566 g/mol. The summed E-state index contributed by atoms with van der Waals surface area (Å²) in [7, 11) is -2.70. The Kier molecular flexibility index (Phi) is 9.06. The van der Waals surface area contributed by atoms with Gasteiger partial charge in [0.15, 0.2) is 14.6 Å². The van der Waals surface area contributed by atoms with E-state index in [-0.39, 0.29) is 29.1 Å². The number of hydrogen-bond acceptors (Lipinski definition) is 8. The maximum absolute atomic E-state index is 13.6. The fraction of sp³-hybridized carbons (Fsp3) is 0.522. The number of piperidine rings is 1. The van der Waals surface area contributed by atoms with Gasteiger partial charge >= 0.3 is 12.1 Å². The zero-order chi connectivity index (χ0) is 28.2. The van der Waals surface area contributed by atoms with E-state index >= 15 is 0 Å². The first-order valence-electron chi connectivity index (χ1n) is 11.5. The maximum atomic E-state index is 13.6. The summed E-state index contributed by atoms with van der Waals surface area (Å²) in [5.41, 5.74) is 2.06. The van der Waals surface area contributed by atoms with Crippen LogP contribution in [0, 0.1) is 0 Å². The Hall–Kier alpha value is -2.75. The fourth-order valence-electron chi connectivity index (χ4n) is 4.17. The molecule has 1 aliphatic heterocycles. The van der Waals surface area contributed by atoms with E-state index < -0.39 is 45.4 Å². The topological polar surface area (TPSA) is 122 Å². The molecule has 0 atom stereocenters. The fourth-order valence-corrected chi connectivity index (χ4v) is 6.12. The molecule has 15 heteroatoms. The third-order valence-corrected chi connectivity index (χ3v) is 9.10. The molecule has 210 valence electrons. The van der Waals surface area contributed by atoms with Gasteiger partial charge in [-0.15, -0.1) is 0 Å². The summed E-state index contributed by atoms with van der Waals surface area (Å²) in [6, 6.07) is 5.36. The van der Waals surface area contributed by atoms with Crippen molar-refractivity contribution in [2.75, 3.05) is 33.4 Å². The van der Waals surface area contributed by atoms with E-state index in [4.69, 9.17) is 4.74 Å². The van der Waals surface area contributed by atoms with Gasteiger partial charge in [-0.2, -0.15) is 22.0 Å². The lowest BCUT2D eigenvalue weighted by Gasteiger charge is -2.39. The number of sulfone groups is 1. The van der Waals surface area contributed by atoms with Crippen molar-refractivity contribution in [2.24, 2.45) is 0 Å². The number of methoxy groups -OCH3 is 1. The Labute approximate surface area is 215 Å². The SMILES string of the molecule is COCCN1CCC(C(=O)NO)(S(=O)(=O)c2ccc(-c3cnc(CCC(F)(F)C(F)(F)F)cn3)cc2)CC1. The molecule has 0 radical (unpaired) electrons. The summed E-state index contributed by atoms with van der Waals surface area (Å²) in [5.74, 6) is -5.87. The molecule has 9 nitrogen and oxygen atoms in total. The second-order valence-electron chi connectivity index (χ2n) is 8.89. The highest BCUT2D eigenvalue weighted by atomic mass is 32.2. The molecule has 1 fully saturated rings. The molecule has 0 spiro atoms. The molecule has 1 aromatic carbocycles. The summed E-state index contributed by atoms with van der Waals surface area (Å²) in [5, 5.41) is 9.30. The van der Waals surface area contributed by atoms with Crippen LogP contribution in [0.1, 0.15) is 25.0 Å². The lowest BCUT2D eigenvalue weighted by Crippen LogP contribution is -2.58. The van der Waals surface area contributed by atoms with Gasteiger partial charge in [-0.3, -0.25) is 20.0 Å². The Balaban J connectivity index is 1.76. The Morgan fingerprint density at radius 1 is 1.11 bits per heavy atom. The number of aromatic nitrogens is 2. The van der Waals surface area contributed by atoms with E-state index in [9.17, 15) is 40.4 Å². The van der Waals surface area contributed by atoms with E-state index in [1.807, 2.05) is 4.90 Å². The summed E-state index contributed by atoms with van der Waals surface area (Å²) in [6.07, 6.45) is -5.61. The predicted octanol–water partition coefficient (Wildman–Crippen LogP) is 3.03. The number of aryl methyl sites for hydroxylation is 1. The Morgan fingerprint density at radius 3 is 2.24 bits per heavy atom. The van der Waals surface area contributed by atoms with Gasteiger partial charge in [0.2, 0.25) is 0 Å². The van der Waals surface area contributed by atoms with Crippen LogP contribution in [0.5, 0.6) is 0 Å². The van der Waals surface area contributed by atoms with Crippen molar-refractivity contribution in [3.8, 4) is 11.3 Å². The number of nitrogens with zero attached hydrogens (tertiary/aromatic N) is 3. The van der Waals surface area contributed by atoms with Crippen molar-refractivity contribution in [3.63, 3.8) is 0 Å². The molecule has 0 bridgehead atoms. The molecule has 2 aromatic rings. The Morgan fingerprint density at radius 2 is 1.74 bits per heavy atom. The highest BCUT2D eigenvalue weighted by Crippen LogP contribution is 2.39. The highest BCUT2D eigenvalue weighted by molar-refractivity contribution is 7.93. The Bertz CT molecular complexity index is 1200. The van der Waals surface area contributed by atoms with Crippen LogP contribution in [0.15, 0.2) is 41.6 Å². The normalized spacial score (nSPS) is 16.8. The van der Waals surface area contributed by atoms with E-state index in [1.165, 1.54) is 35.9 Å². The van der Waals surface area contributed by atoms with Crippen molar-refractivity contribution >= 4 is 15.7 Å². The van der Waals surface area contributed by atoms with E-state index in [2.05, 4.69) is 9.97 Å². The van der Waals surface area contributed by atoms with Crippen LogP contribution in [0.4, 0.5) is 22.0 Å². The lowest BCUT2D eigenvalue weighted by atomic mass is 9.95. The van der Waals surface area contributed by atoms with Gasteiger partial charge in [0.25, 0.3) is 5.91 Å². The van der Waals surface area contributed by atoms with Crippen LogP contribution < -0.4 is 5.48 Å². The number of rotatable bonds is 10. The van der Waals surface area contributed by atoms with Gasteiger partial charge in [-0.1, -0.05) is 12.1 Å². The lowest BCUT2D eigenvalue weighted by molar-refractivity contribution is -0.284. The molecule has 1 amide bonds. The van der Waals surface area contributed by atoms with E-state index in [1.54, 1.807) is 7.11 Å². The van der Waals surface area contributed by atoms with Crippen LogP contribution in [0.2, 0.25) is 0 Å². The second kappa shape index (κ2) is 11.6.